The number of hydrogen-bond acceptors (Lipinski definition) is 4. The van der Waals surface area contributed by atoms with E-state index in [9.17, 15) is 14.7 Å². The first-order valence-corrected chi connectivity index (χ1v) is 11.3. The topological polar surface area (TPSA) is 86.9 Å². The molecule has 162 valence electrons. The molecule has 0 saturated heterocycles. The van der Waals surface area contributed by atoms with E-state index in [1.165, 1.54) is 42.7 Å². The molecule has 31 heavy (non-hydrogen) atoms. The van der Waals surface area contributed by atoms with Crippen LogP contribution in [0.25, 0.3) is 0 Å². The summed E-state index contributed by atoms with van der Waals surface area (Å²) < 4.78 is 0. The van der Waals surface area contributed by atoms with Crippen molar-refractivity contribution in [3.05, 3.63) is 63.1 Å². The zero-order valence-corrected chi connectivity index (χ0v) is 18.4. The van der Waals surface area contributed by atoms with Gasteiger partial charge in [0.2, 0.25) is 5.91 Å². The molecule has 1 atom stereocenters. The fourth-order valence-electron chi connectivity index (χ4n) is 4.63. The van der Waals surface area contributed by atoms with Crippen LogP contribution in [-0.4, -0.2) is 47.0 Å². The zero-order valence-electron chi connectivity index (χ0n) is 16.9. The summed E-state index contributed by atoms with van der Waals surface area (Å²) in [5, 5.41) is 12.1. The van der Waals surface area contributed by atoms with E-state index in [2.05, 4.69) is 4.90 Å². The van der Waals surface area contributed by atoms with Crippen molar-refractivity contribution in [3.63, 3.8) is 0 Å². The second-order valence-electron chi connectivity index (χ2n) is 8.56. The molecule has 5 rings (SSSR count). The van der Waals surface area contributed by atoms with E-state index in [-0.39, 0.29) is 26.7 Å². The van der Waals surface area contributed by atoms with E-state index in [0.29, 0.717) is 30.9 Å². The second kappa shape index (κ2) is 7.48. The fourth-order valence-corrected chi connectivity index (χ4v) is 5.26. The number of anilines is 1. The Labute approximate surface area is 190 Å². The summed E-state index contributed by atoms with van der Waals surface area (Å²) in [4.78, 5) is 29.5. The predicted molar refractivity (Wildman–Crippen MR) is 120 cm³/mol. The first-order chi connectivity index (χ1) is 14.8. The average molecular weight is 460 g/mol. The molecule has 0 aromatic heterocycles. The number of benzene rings is 2. The molecular weight excluding hydrogens is 437 g/mol. The van der Waals surface area contributed by atoms with Gasteiger partial charge in [0, 0.05) is 46.9 Å². The SMILES string of the molecule is NC(=O)c1cc(Cl)c2c(c1)N(CCN(C1CC1)C1CC1)C(=O)C2(O)c1ccccc1Cl. The Kier molecular flexibility index (Phi) is 5.01. The van der Waals surface area contributed by atoms with E-state index in [0.717, 1.165) is 0 Å². The number of rotatable bonds is 7. The number of carbonyl (C=O) groups is 2. The van der Waals surface area contributed by atoms with Gasteiger partial charge in [0.15, 0.2) is 5.60 Å². The molecule has 0 spiro atoms. The molecule has 1 heterocycles. The van der Waals surface area contributed by atoms with Crippen LogP contribution in [0.4, 0.5) is 5.69 Å². The molecule has 3 aliphatic rings. The van der Waals surface area contributed by atoms with Crippen LogP contribution in [0.2, 0.25) is 10.0 Å². The minimum Gasteiger partial charge on any atom is -0.372 e. The summed E-state index contributed by atoms with van der Waals surface area (Å²) in [5.74, 6) is -1.17. The zero-order chi connectivity index (χ0) is 21.9. The quantitative estimate of drug-likeness (QED) is 0.664. The van der Waals surface area contributed by atoms with Crippen LogP contribution in [-0.2, 0) is 10.4 Å². The summed E-state index contributed by atoms with van der Waals surface area (Å²) in [6, 6.07) is 10.8. The third kappa shape index (κ3) is 3.42. The van der Waals surface area contributed by atoms with Crippen molar-refractivity contribution >= 4 is 40.7 Å². The lowest BCUT2D eigenvalue weighted by Crippen LogP contribution is -2.45. The highest BCUT2D eigenvalue weighted by molar-refractivity contribution is 6.35. The van der Waals surface area contributed by atoms with Gasteiger partial charge in [-0.05, 0) is 43.9 Å². The van der Waals surface area contributed by atoms with Gasteiger partial charge in [-0.2, -0.15) is 0 Å². The van der Waals surface area contributed by atoms with Crippen LogP contribution in [0.5, 0.6) is 0 Å². The Hall–Kier alpha value is -2.12. The molecule has 0 radical (unpaired) electrons. The van der Waals surface area contributed by atoms with Crippen molar-refractivity contribution in [2.45, 2.75) is 43.4 Å². The van der Waals surface area contributed by atoms with Gasteiger partial charge in [-0.15, -0.1) is 0 Å². The van der Waals surface area contributed by atoms with Crippen molar-refractivity contribution in [3.8, 4) is 0 Å². The molecule has 1 aliphatic heterocycles. The van der Waals surface area contributed by atoms with Gasteiger partial charge in [0.25, 0.3) is 5.91 Å². The maximum atomic E-state index is 13.7. The summed E-state index contributed by atoms with van der Waals surface area (Å²) >= 11 is 12.9. The minimum atomic E-state index is -2.04. The number of aliphatic hydroxyl groups is 1. The first-order valence-electron chi connectivity index (χ1n) is 10.5. The number of primary amides is 1. The van der Waals surface area contributed by atoms with Gasteiger partial charge in [-0.25, -0.2) is 0 Å². The number of hydrogen-bond donors (Lipinski definition) is 2. The number of nitrogens with two attached hydrogens (primary N) is 1. The molecule has 2 aliphatic carbocycles. The van der Waals surface area contributed by atoms with Crippen molar-refractivity contribution in [2.24, 2.45) is 5.73 Å². The van der Waals surface area contributed by atoms with Crippen LogP contribution in [0, 0.1) is 0 Å². The smallest absolute Gasteiger partial charge is 0.268 e. The van der Waals surface area contributed by atoms with Crippen molar-refractivity contribution in [2.75, 3.05) is 18.0 Å². The summed E-state index contributed by atoms with van der Waals surface area (Å²) in [6.07, 6.45) is 4.73. The van der Waals surface area contributed by atoms with E-state index in [1.54, 1.807) is 24.3 Å². The first kappa shape index (κ1) is 20.8. The molecule has 2 fully saturated rings. The van der Waals surface area contributed by atoms with Crippen LogP contribution in [0.1, 0.15) is 47.2 Å². The van der Waals surface area contributed by atoms with Gasteiger partial charge >= 0.3 is 0 Å². The predicted octanol–water partition coefficient (Wildman–Crippen LogP) is 3.30. The highest BCUT2D eigenvalue weighted by Crippen LogP contribution is 2.50. The monoisotopic (exact) mass is 459 g/mol. The third-order valence-corrected chi connectivity index (χ3v) is 7.07. The standard InChI is InChI=1S/C23H23Cl2N3O3/c24-17-4-2-1-3-16(17)23(31)20-18(25)11-13(21(26)29)12-19(20)28(22(23)30)10-9-27(14-5-6-14)15-7-8-15/h1-4,11-12,14-15,31H,5-10H2,(H2,26,29). The average Bonchev–Trinajstić information content (AvgIpc) is 3.64. The molecule has 8 heteroatoms. The minimum absolute atomic E-state index is 0.103. The van der Waals surface area contributed by atoms with Gasteiger partial charge in [-0.3, -0.25) is 14.5 Å². The second-order valence-corrected chi connectivity index (χ2v) is 9.38. The lowest BCUT2D eigenvalue weighted by atomic mass is 9.87. The van der Waals surface area contributed by atoms with Crippen LogP contribution in [0.3, 0.4) is 0 Å². The highest BCUT2D eigenvalue weighted by Gasteiger charge is 2.54. The number of nitrogens with zero attached hydrogens (tertiary/aromatic N) is 2. The maximum Gasteiger partial charge on any atom is 0.268 e. The molecule has 2 aromatic carbocycles. The largest absolute Gasteiger partial charge is 0.372 e. The van der Waals surface area contributed by atoms with Crippen molar-refractivity contribution < 1.29 is 14.7 Å². The molecule has 6 nitrogen and oxygen atoms in total. The Morgan fingerprint density at radius 2 is 1.77 bits per heavy atom. The van der Waals surface area contributed by atoms with E-state index in [4.69, 9.17) is 28.9 Å². The van der Waals surface area contributed by atoms with E-state index in [1.807, 2.05) is 0 Å². The number of fused-ring (bicyclic) bond motifs is 1. The maximum absolute atomic E-state index is 13.7. The number of amides is 2. The molecular formula is C23H23Cl2N3O3. The number of halogens is 2. The molecule has 1 unspecified atom stereocenters. The Morgan fingerprint density at radius 1 is 1.13 bits per heavy atom. The van der Waals surface area contributed by atoms with Crippen molar-refractivity contribution in [1.82, 2.24) is 4.90 Å². The van der Waals surface area contributed by atoms with Crippen molar-refractivity contribution in [1.29, 1.82) is 0 Å². The van der Waals surface area contributed by atoms with E-state index >= 15 is 0 Å². The van der Waals surface area contributed by atoms with Gasteiger partial charge in [0.05, 0.1) is 10.7 Å². The van der Waals surface area contributed by atoms with Gasteiger partial charge in [-0.1, -0.05) is 41.4 Å². The lowest BCUT2D eigenvalue weighted by molar-refractivity contribution is -0.132. The summed E-state index contributed by atoms with van der Waals surface area (Å²) in [7, 11) is 0. The van der Waals surface area contributed by atoms with Crippen LogP contribution in [0.15, 0.2) is 36.4 Å². The highest BCUT2D eigenvalue weighted by atomic mass is 35.5. The molecule has 3 N–H and O–H groups in total. The molecule has 2 aromatic rings. The van der Waals surface area contributed by atoms with Crippen LogP contribution >= 0.6 is 23.2 Å². The Balaban J connectivity index is 1.59. The van der Waals surface area contributed by atoms with Gasteiger partial charge in [0.1, 0.15) is 0 Å². The summed E-state index contributed by atoms with van der Waals surface area (Å²) in [6.45, 7) is 1.07. The molecule has 2 amide bonds. The normalized spacial score (nSPS) is 22.8. The third-order valence-electron chi connectivity index (χ3n) is 6.44. The van der Waals surface area contributed by atoms with E-state index < -0.39 is 17.4 Å². The number of carbonyl (C=O) groups excluding carboxylic acids is 2. The van der Waals surface area contributed by atoms with Gasteiger partial charge < -0.3 is 15.7 Å². The molecule has 2 saturated carbocycles. The van der Waals surface area contributed by atoms with Crippen LogP contribution < -0.4 is 10.6 Å². The lowest BCUT2D eigenvalue weighted by Gasteiger charge is -2.27. The molecule has 0 bridgehead atoms. The summed E-state index contributed by atoms with van der Waals surface area (Å²) in [5.41, 5.74) is 4.54. The Bertz CT molecular complexity index is 1070. The Morgan fingerprint density at radius 3 is 2.35 bits per heavy atom. The fraction of sp³-hybridized carbons (Fsp3) is 0.391.